The number of alkyl halides is 3. The molecule has 5 atom stereocenters. The Morgan fingerprint density at radius 3 is 2.55 bits per heavy atom. The lowest BCUT2D eigenvalue weighted by Gasteiger charge is -2.44. The Labute approximate surface area is 218 Å². The topological polar surface area (TPSA) is 114 Å². The summed E-state index contributed by atoms with van der Waals surface area (Å²) in [5.74, 6) is -2.14. The highest BCUT2D eigenvalue weighted by Gasteiger charge is 2.44. The molecule has 0 saturated carbocycles. The quantitative estimate of drug-likeness (QED) is 0.538. The van der Waals surface area contributed by atoms with Gasteiger partial charge in [-0.2, -0.15) is 13.2 Å². The molecule has 3 aliphatic heterocycles. The maximum atomic E-state index is 13.7. The van der Waals surface area contributed by atoms with Crippen molar-refractivity contribution in [3.05, 3.63) is 35.4 Å². The van der Waals surface area contributed by atoms with Crippen molar-refractivity contribution in [2.75, 3.05) is 6.61 Å². The molecule has 0 aromatic heterocycles. The summed E-state index contributed by atoms with van der Waals surface area (Å²) in [7, 11) is 0. The second-order valence-corrected chi connectivity index (χ2v) is 9.87. The van der Waals surface area contributed by atoms with Crippen molar-refractivity contribution >= 4 is 23.7 Å². The highest BCUT2D eigenvalue weighted by molar-refractivity contribution is 5.98. The molecule has 2 N–H and O–H groups in total. The minimum absolute atomic E-state index is 0.0455. The van der Waals surface area contributed by atoms with Crippen LogP contribution in [0.5, 0.6) is 0 Å². The molecule has 208 valence electrons. The predicted molar refractivity (Wildman–Crippen MR) is 127 cm³/mol. The summed E-state index contributed by atoms with van der Waals surface area (Å²) in [4.78, 5) is 53.3. The lowest BCUT2D eigenvalue weighted by Crippen LogP contribution is -2.62. The summed E-state index contributed by atoms with van der Waals surface area (Å²) in [6.45, 7) is 2.02. The van der Waals surface area contributed by atoms with Crippen LogP contribution in [0.3, 0.4) is 0 Å². The molecule has 38 heavy (non-hydrogen) atoms. The van der Waals surface area contributed by atoms with Gasteiger partial charge in [-0.25, -0.2) is 0 Å². The van der Waals surface area contributed by atoms with Crippen LogP contribution < -0.4 is 10.6 Å². The van der Waals surface area contributed by atoms with Crippen LogP contribution in [-0.2, 0) is 30.0 Å². The Balaban J connectivity index is 1.51. The van der Waals surface area contributed by atoms with E-state index in [1.54, 1.807) is 6.92 Å². The third-order valence-corrected chi connectivity index (χ3v) is 7.26. The number of fused-ring (bicyclic) bond motifs is 1. The molecule has 3 heterocycles. The minimum atomic E-state index is -4.61. The fourth-order valence-electron chi connectivity index (χ4n) is 5.45. The summed E-state index contributed by atoms with van der Waals surface area (Å²) in [5.41, 5.74) is -1.16. The van der Waals surface area contributed by atoms with Crippen LogP contribution in [0.15, 0.2) is 24.3 Å². The van der Waals surface area contributed by atoms with E-state index in [0.717, 1.165) is 31.0 Å². The van der Waals surface area contributed by atoms with Gasteiger partial charge in [-0.05, 0) is 57.2 Å². The van der Waals surface area contributed by atoms with Gasteiger partial charge in [-0.3, -0.25) is 19.2 Å². The van der Waals surface area contributed by atoms with Crippen molar-refractivity contribution in [3.8, 4) is 0 Å². The molecule has 1 aromatic carbocycles. The average Bonchev–Trinajstić information content (AvgIpc) is 3.22. The van der Waals surface area contributed by atoms with Crippen LogP contribution in [-0.4, -0.2) is 65.7 Å². The Kier molecular flexibility index (Phi) is 8.59. The summed E-state index contributed by atoms with van der Waals surface area (Å²) >= 11 is 0. The molecular weight excluding hydrogens is 507 g/mol. The first-order valence-corrected chi connectivity index (χ1v) is 13.0. The number of ether oxygens (including phenoxy) is 2. The Bertz CT molecular complexity index is 1060. The van der Waals surface area contributed by atoms with Crippen LogP contribution in [0.25, 0.3) is 0 Å². The molecular formula is C26H32F3N3O6. The van der Waals surface area contributed by atoms with E-state index in [9.17, 15) is 32.3 Å². The van der Waals surface area contributed by atoms with E-state index < -0.39 is 59.8 Å². The van der Waals surface area contributed by atoms with E-state index in [-0.39, 0.29) is 24.6 Å². The third kappa shape index (κ3) is 6.28. The number of nitrogens with one attached hydrogen (secondary N) is 2. The van der Waals surface area contributed by atoms with E-state index in [1.807, 2.05) is 0 Å². The van der Waals surface area contributed by atoms with E-state index >= 15 is 0 Å². The SMILES string of the molecule is CCOC1OC(=O)CC1NC(=O)[C@@H]1CCC[C@@H]2CCCC[C@H](NC(=O)c3cccc(C(F)(F)F)c3)C(=O)N21. The maximum Gasteiger partial charge on any atom is 0.416 e. The smallest absolute Gasteiger partial charge is 0.416 e. The van der Waals surface area contributed by atoms with E-state index in [0.29, 0.717) is 32.1 Å². The number of esters is 1. The van der Waals surface area contributed by atoms with Crippen LogP contribution in [0.1, 0.15) is 74.2 Å². The summed E-state index contributed by atoms with van der Waals surface area (Å²) in [5, 5.41) is 5.42. The van der Waals surface area contributed by atoms with Gasteiger partial charge in [0.1, 0.15) is 18.1 Å². The molecule has 0 spiro atoms. The highest BCUT2D eigenvalue weighted by Crippen LogP contribution is 2.32. The first-order chi connectivity index (χ1) is 18.1. The molecule has 3 saturated heterocycles. The predicted octanol–water partition coefficient (Wildman–Crippen LogP) is 2.92. The Morgan fingerprint density at radius 2 is 1.82 bits per heavy atom. The molecule has 3 fully saturated rings. The van der Waals surface area contributed by atoms with E-state index in [1.165, 1.54) is 11.0 Å². The lowest BCUT2D eigenvalue weighted by atomic mass is 9.88. The summed E-state index contributed by atoms with van der Waals surface area (Å²) < 4.78 is 49.9. The number of hydrogen-bond donors (Lipinski definition) is 2. The standard InChI is InChI=1S/C26H32F3N3O6/c1-2-37-25-19(14-21(33)38-25)31-23(35)20-12-6-10-17-9-3-4-11-18(24(36)32(17)20)30-22(34)15-7-5-8-16(13-15)26(27,28)29/h5,7-8,13,17-20,25H,2-4,6,9-12,14H2,1H3,(H,30,34)(H,31,35)/t17-,18-,19?,20-,25?/m0/s1. The second kappa shape index (κ2) is 11.7. The van der Waals surface area contributed by atoms with Gasteiger partial charge in [0.25, 0.3) is 5.91 Å². The van der Waals surface area contributed by atoms with Gasteiger partial charge in [-0.15, -0.1) is 0 Å². The number of rotatable bonds is 6. The molecule has 1 aromatic rings. The van der Waals surface area contributed by atoms with Crippen molar-refractivity contribution in [1.29, 1.82) is 0 Å². The summed E-state index contributed by atoms with van der Waals surface area (Å²) in [6.07, 6.45) is -1.29. The monoisotopic (exact) mass is 539 g/mol. The number of carbonyl (C=O) groups excluding carboxylic acids is 4. The van der Waals surface area contributed by atoms with Crippen molar-refractivity contribution in [1.82, 2.24) is 15.5 Å². The number of carbonyl (C=O) groups is 4. The van der Waals surface area contributed by atoms with Crippen molar-refractivity contribution in [3.63, 3.8) is 0 Å². The molecule has 3 aliphatic rings. The van der Waals surface area contributed by atoms with Gasteiger partial charge < -0.3 is 25.0 Å². The lowest BCUT2D eigenvalue weighted by molar-refractivity contribution is -0.165. The van der Waals surface area contributed by atoms with Gasteiger partial charge in [-0.1, -0.05) is 18.9 Å². The molecule has 12 heteroatoms. The average molecular weight is 540 g/mol. The largest absolute Gasteiger partial charge is 0.433 e. The number of amides is 3. The fraction of sp³-hybridized carbons (Fsp3) is 0.615. The van der Waals surface area contributed by atoms with Crippen molar-refractivity contribution in [2.45, 2.75) is 94.9 Å². The maximum absolute atomic E-state index is 13.7. The first-order valence-electron chi connectivity index (χ1n) is 13.0. The number of piperidine rings is 1. The second-order valence-electron chi connectivity index (χ2n) is 9.87. The molecule has 0 radical (unpaired) electrons. The molecule has 4 rings (SSSR count). The zero-order valence-electron chi connectivity index (χ0n) is 21.1. The molecule has 2 unspecified atom stereocenters. The van der Waals surface area contributed by atoms with Gasteiger partial charge in [0.15, 0.2) is 0 Å². The number of hydrogen-bond acceptors (Lipinski definition) is 6. The normalized spacial score (nSPS) is 28.1. The zero-order chi connectivity index (χ0) is 27.4. The Morgan fingerprint density at radius 1 is 1.08 bits per heavy atom. The third-order valence-electron chi connectivity index (χ3n) is 7.26. The molecule has 3 amide bonds. The fourth-order valence-corrected chi connectivity index (χ4v) is 5.45. The number of cyclic esters (lactones) is 1. The van der Waals surface area contributed by atoms with Crippen LogP contribution in [0, 0.1) is 0 Å². The van der Waals surface area contributed by atoms with Gasteiger partial charge >= 0.3 is 12.1 Å². The van der Waals surface area contributed by atoms with Gasteiger partial charge in [0.2, 0.25) is 18.1 Å². The van der Waals surface area contributed by atoms with E-state index in [2.05, 4.69) is 10.6 Å². The number of nitrogens with zero attached hydrogens (tertiary/aromatic N) is 1. The first kappa shape index (κ1) is 27.9. The number of halogens is 3. The molecule has 0 aliphatic carbocycles. The van der Waals surface area contributed by atoms with Crippen molar-refractivity contribution < 1.29 is 41.8 Å². The van der Waals surface area contributed by atoms with Gasteiger partial charge in [0.05, 0.1) is 12.0 Å². The molecule has 0 bridgehead atoms. The Hall–Kier alpha value is -3.15. The number of benzene rings is 1. The van der Waals surface area contributed by atoms with Crippen molar-refractivity contribution in [2.24, 2.45) is 0 Å². The van der Waals surface area contributed by atoms with Crippen LogP contribution in [0.4, 0.5) is 13.2 Å². The summed E-state index contributed by atoms with van der Waals surface area (Å²) in [6, 6.07) is 1.34. The van der Waals surface area contributed by atoms with Crippen LogP contribution >= 0.6 is 0 Å². The van der Waals surface area contributed by atoms with Gasteiger partial charge in [0, 0.05) is 18.2 Å². The molecule has 9 nitrogen and oxygen atoms in total. The van der Waals surface area contributed by atoms with Crippen LogP contribution in [0.2, 0.25) is 0 Å². The van der Waals surface area contributed by atoms with E-state index in [4.69, 9.17) is 9.47 Å². The zero-order valence-corrected chi connectivity index (χ0v) is 21.1. The highest BCUT2D eigenvalue weighted by atomic mass is 19.4. The minimum Gasteiger partial charge on any atom is -0.433 e.